The Balaban J connectivity index is 2.26. The van der Waals surface area contributed by atoms with Crippen LogP contribution in [0.1, 0.15) is 40.7 Å². The largest absolute Gasteiger partial charge is 0.492 e. The first-order chi connectivity index (χ1) is 10.9. The van der Waals surface area contributed by atoms with E-state index in [4.69, 9.17) is 16.3 Å². The second kappa shape index (κ2) is 7.52. The SMILES string of the molecule is CCCCOc1cc(C)c(C(=O)c2ncc([N+](=O)[O-])s2)cc1Cl. The fraction of sp³-hybridized carbons (Fsp3) is 0.333. The van der Waals surface area contributed by atoms with Crippen LogP contribution in [0.4, 0.5) is 5.00 Å². The minimum absolute atomic E-state index is 0.0653. The second-order valence-corrected chi connectivity index (χ2v) is 6.31. The van der Waals surface area contributed by atoms with Gasteiger partial charge in [0, 0.05) is 5.56 Å². The van der Waals surface area contributed by atoms with Gasteiger partial charge in [-0.25, -0.2) is 4.98 Å². The summed E-state index contributed by atoms with van der Waals surface area (Å²) in [6, 6.07) is 3.22. The van der Waals surface area contributed by atoms with Crippen LogP contribution in [0.15, 0.2) is 18.3 Å². The quantitative estimate of drug-likeness (QED) is 0.318. The van der Waals surface area contributed by atoms with Crippen molar-refractivity contribution in [2.45, 2.75) is 26.7 Å². The number of carbonyl (C=O) groups excluding carboxylic acids is 1. The lowest BCUT2D eigenvalue weighted by atomic mass is 10.0. The van der Waals surface area contributed by atoms with Gasteiger partial charge in [-0.3, -0.25) is 14.9 Å². The number of rotatable bonds is 7. The second-order valence-electron chi connectivity index (χ2n) is 4.89. The molecule has 6 nitrogen and oxygen atoms in total. The Morgan fingerprint density at radius 3 is 2.83 bits per heavy atom. The lowest BCUT2D eigenvalue weighted by Gasteiger charge is -2.11. The van der Waals surface area contributed by atoms with Crippen LogP contribution >= 0.6 is 22.9 Å². The molecule has 0 aliphatic heterocycles. The minimum Gasteiger partial charge on any atom is -0.492 e. The van der Waals surface area contributed by atoms with Crippen LogP contribution < -0.4 is 4.74 Å². The molecular formula is C15H15ClN2O4S. The fourth-order valence-corrected chi connectivity index (χ4v) is 2.81. The number of carbonyl (C=O) groups is 1. The molecule has 0 saturated carbocycles. The first-order valence-corrected chi connectivity index (χ1v) is 8.21. The van der Waals surface area contributed by atoms with Crippen LogP contribution in [-0.2, 0) is 0 Å². The highest BCUT2D eigenvalue weighted by atomic mass is 35.5. The van der Waals surface area contributed by atoms with Crippen molar-refractivity contribution >= 4 is 33.7 Å². The predicted molar refractivity (Wildman–Crippen MR) is 88.8 cm³/mol. The van der Waals surface area contributed by atoms with E-state index in [1.807, 2.05) is 0 Å². The van der Waals surface area contributed by atoms with Gasteiger partial charge in [-0.1, -0.05) is 24.9 Å². The average molecular weight is 355 g/mol. The van der Waals surface area contributed by atoms with Crippen molar-refractivity contribution in [1.29, 1.82) is 0 Å². The normalized spacial score (nSPS) is 10.6. The van der Waals surface area contributed by atoms with Crippen molar-refractivity contribution < 1.29 is 14.5 Å². The fourth-order valence-electron chi connectivity index (χ4n) is 1.91. The van der Waals surface area contributed by atoms with E-state index < -0.39 is 4.92 Å². The molecule has 0 bridgehead atoms. The number of nitro groups is 1. The monoisotopic (exact) mass is 354 g/mol. The molecule has 1 heterocycles. The van der Waals surface area contributed by atoms with E-state index in [0.717, 1.165) is 30.4 Å². The Morgan fingerprint density at radius 1 is 1.48 bits per heavy atom. The van der Waals surface area contributed by atoms with Gasteiger partial charge in [0.1, 0.15) is 11.9 Å². The van der Waals surface area contributed by atoms with Crippen molar-refractivity contribution in [3.05, 3.63) is 49.6 Å². The van der Waals surface area contributed by atoms with Gasteiger partial charge in [-0.2, -0.15) is 0 Å². The maximum atomic E-state index is 12.5. The van der Waals surface area contributed by atoms with Crippen LogP contribution in [0.3, 0.4) is 0 Å². The third-order valence-electron chi connectivity index (χ3n) is 3.15. The van der Waals surface area contributed by atoms with Crippen LogP contribution in [0.2, 0.25) is 5.02 Å². The van der Waals surface area contributed by atoms with E-state index in [1.165, 1.54) is 6.07 Å². The predicted octanol–water partition coefficient (Wildman–Crippen LogP) is 4.42. The lowest BCUT2D eigenvalue weighted by Crippen LogP contribution is -2.05. The summed E-state index contributed by atoms with van der Waals surface area (Å²) >= 11 is 6.91. The molecule has 1 aromatic heterocycles. The number of benzene rings is 1. The molecule has 0 N–H and O–H groups in total. The van der Waals surface area contributed by atoms with Crippen molar-refractivity contribution in [2.75, 3.05) is 6.61 Å². The van der Waals surface area contributed by atoms with Crippen molar-refractivity contribution in [3.8, 4) is 5.75 Å². The molecule has 2 aromatic rings. The highest BCUT2D eigenvalue weighted by molar-refractivity contribution is 7.16. The van der Waals surface area contributed by atoms with Crippen molar-refractivity contribution in [2.24, 2.45) is 0 Å². The molecule has 122 valence electrons. The van der Waals surface area contributed by atoms with Gasteiger partial charge in [0.25, 0.3) is 0 Å². The van der Waals surface area contributed by atoms with E-state index in [9.17, 15) is 14.9 Å². The average Bonchev–Trinajstić information content (AvgIpc) is 3.00. The van der Waals surface area contributed by atoms with Gasteiger partial charge >= 0.3 is 5.00 Å². The molecule has 2 rings (SSSR count). The summed E-state index contributed by atoms with van der Waals surface area (Å²) in [4.78, 5) is 26.4. The van der Waals surface area contributed by atoms with Crippen LogP contribution in [0.25, 0.3) is 0 Å². The zero-order valence-electron chi connectivity index (χ0n) is 12.7. The third-order valence-corrected chi connectivity index (χ3v) is 4.39. The number of unbranched alkanes of at least 4 members (excludes halogenated alkanes) is 1. The van der Waals surface area contributed by atoms with E-state index in [2.05, 4.69) is 11.9 Å². The Labute approximate surface area is 142 Å². The minimum atomic E-state index is -0.570. The molecule has 0 aliphatic rings. The maximum Gasteiger partial charge on any atom is 0.344 e. The van der Waals surface area contributed by atoms with E-state index in [1.54, 1.807) is 13.0 Å². The number of ketones is 1. The molecule has 1 aromatic carbocycles. The van der Waals surface area contributed by atoms with E-state index >= 15 is 0 Å². The molecule has 0 aliphatic carbocycles. The number of halogens is 1. The van der Waals surface area contributed by atoms with Crippen molar-refractivity contribution in [3.63, 3.8) is 0 Å². The molecule has 23 heavy (non-hydrogen) atoms. The summed E-state index contributed by atoms with van der Waals surface area (Å²) in [7, 11) is 0. The molecule has 0 saturated heterocycles. The van der Waals surface area contributed by atoms with Gasteiger partial charge in [0.05, 0.1) is 16.6 Å². The highest BCUT2D eigenvalue weighted by Crippen LogP contribution is 2.31. The molecular weight excluding hydrogens is 340 g/mol. The number of aryl methyl sites for hydroxylation is 1. The summed E-state index contributed by atoms with van der Waals surface area (Å²) in [5.41, 5.74) is 1.05. The van der Waals surface area contributed by atoms with Crippen molar-refractivity contribution in [1.82, 2.24) is 4.98 Å². The number of nitrogens with zero attached hydrogens (tertiary/aromatic N) is 2. The Morgan fingerprint density at radius 2 is 2.22 bits per heavy atom. The molecule has 0 fully saturated rings. The molecule has 0 spiro atoms. The summed E-state index contributed by atoms with van der Waals surface area (Å²) in [6.07, 6.45) is 3.01. The number of hydrogen-bond acceptors (Lipinski definition) is 6. The zero-order chi connectivity index (χ0) is 17.0. The number of hydrogen-bond donors (Lipinski definition) is 0. The Kier molecular flexibility index (Phi) is 5.68. The maximum absolute atomic E-state index is 12.5. The summed E-state index contributed by atoms with van der Waals surface area (Å²) in [5.74, 6) is 0.141. The molecule has 0 unspecified atom stereocenters. The molecule has 0 amide bonds. The molecule has 0 radical (unpaired) electrons. The molecule has 0 atom stereocenters. The smallest absolute Gasteiger partial charge is 0.344 e. The summed E-state index contributed by atoms with van der Waals surface area (Å²) in [5, 5.41) is 10.9. The lowest BCUT2D eigenvalue weighted by molar-refractivity contribution is -0.380. The topological polar surface area (TPSA) is 82.3 Å². The van der Waals surface area contributed by atoms with E-state index in [-0.39, 0.29) is 15.8 Å². The molecule has 8 heteroatoms. The van der Waals surface area contributed by atoms with Crippen LogP contribution in [0.5, 0.6) is 5.75 Å². The standard InChI is InChI=1S/C15H15ClN2O4S/c1-3-4-5-22-12-6-9(2)10(7-11(12)16)14(19)15-17-8-13(23-15)18(20)21/h6-8H,3-5H2,1-2H3. The van der Waals surface area contributed by atoms with Gasteiger partial charge in [-0.15, -0.1) is 0 Å². The number of ether oxygens (including phenoxy) is 1. The summed E-state index contributed by atoms with van der Waals surface area (Å²) in [6.45, 7) is 4.38. The Bertz CT molecular complexity index is 745. The van der Waals surface area contributed by atoms with Gasteiger partial charge in [-0.05, 0) is 42.4 Å². The summed E-state index contributed by atoms with van der Waals surface area (Å²) < 4.78 is 5.59. The van der Waals surface area contributed by atoms with E-state index in [0.29, 0.717) is 28.5 Å². The number of thiazole rings is 1. The Hall–Kier alpha value is -1.99. The van der Waals surface area contributed by atoms with Crippen LogP contribution in [-0.4, -0.2) is 22.3 Å². The number of aromatic nitrogens is 1. The van der Waals surface area contributed by atoms with Gasteiger partial charge in [0.2, 0.25) is 5.78 Å². The first-order valence-electron chi connectivity index (χ1n) is 7.02. The van der Waals surface area contributed by atoms with Gasteiger partial charge < -0.3 is 4.74 Å². The highest BCUT2D eigenvalue weighted by Gasteiger charge is 2.21. The van der Waals surface area contributed by atoms with Crippen LogP contribution in [0, 0.1) is 17.0 Å². The first kappa shape index (κ1) is 17.4. The van der Waals surface area contributed by atoms with Gasteiger partial charge in [0.15, 0.2) is 5.01 Å². The zero-order valence-corrected chi connectivity index (χ0v) is 14.2. The third kappa shape index (κ3) is 4.05.